The Balaban J connectivity index is 1.34. The summed E-state index contributed by atoms with van der Waals surface area (Å²) in [5, 5.41) is 37.4. The topological polar surface area (TPSA) is 333 Å². The summed E-state index contributed by atoms with van der Waals surface area (Å²) in [6.07, 6.45) is 0. The van der Waals surface area contributed by atoms with Crippen molar-refractivity contribution >= 4 is 90.5 Å². The van der Waals surface area contributed by atoms with Crippen molar-refractivity contribution in [3.8, 4) is 22.6 Å². The number of nitrogens with two attached hydrogens (primary N) is 1. The number of benzene rings is 6. The summed E-state index contributed by atoms with van der Waals surface area (Å²) in [5.41, 5.74) is 7.15. The maximum atomic E-state index is 12.3. The molecule has 6 rings (SSSR count). The standard InChI is InChI=1S/C35H29N5O14S4/c1-16-8-19(4-6-26(16)37-39-32-28(57(49,50)51)13-21-11-23(55(43,44)45)10-18(3)30(21)34(32)41)20-5-7-27(17(2)9-20)38-40-33-29(58(52,53)54)14-22-12-24(56(46,47)48)15-25(36)31(22)35(33)42/h4-15,41-42H,36H2,1-3H3,(H,43,44,45)(H,46,47,48)(H,49,50,51)(H,52,53,54). The molecule has 0 atom stereocenters. The summed E-state index contributed by atoms with van der Waals surface area (Å²) in [6, 6.07) is 15.1. The van der Waals surface area contributed by atoms with Crippen LogP contribution in [0.5, 0.6) is 11.5 Å². The van der Waals surface area contributed by atoms with E-state index in [1.54, 1.807) is 38.1 Å². The van der Waals surface area contributed by atoms with E-state index in [1.807, 2.05) is 0 Å². The lowest BCUT2D eigenvalue weighted by atomic mass is 10.0. The van der Waals surface area contributed by atoms with Gasteiger partial charge in [0.15, 0.2) is 11.5 Å². The molecule has 58 heavy (non-hydrogen) atoms. The molecular formula is C35H29N5O14S4. The maximum Gasteiger partial charge on any atom is 0.296 e. The van der Waals surface area contributed by atoms with Gasteiger partial charge in [-0.25, -0.2) is 0 Å². The summed E-state index contributed by atoms with van der Waals surface area (Å²) in [4.78, 5) is -3.06. The van der Waals surface area contributed by atoms with E-state index in [0.717, 1.165) is 36.4 Å². The summed E-state index contributed by atoms with van der Waals surface area (Å²) in [6.45, 7) is 4.72. The van der Waals surface area contributed by atoms with E-state index in [4.69, 9.17) is 5.73 Å². The number of fused-ring (bicyclic) bond motifs is 2. The number of hydrogen-bond donors (Lipinski definition) is 7. The van der Waals surface area contributed by atoms with Crippen LogP contribution in [0.3, 0.4) is 0 Å². The van der Waals surface area contributed by atoms with Crippen molar-refractivity contribution in [2.24, 2.45) is 20.5 Å². The Morgan fingerprint density at radius 3 is 1.26 bits per heavy atom. The van der Waals surface area contributed by atoms with E-state index in [2.05, 4.69) is 20.5 Å². The van der Waals surface area contributed by atoms with Gasteiger partial charge in [-0.1, -0.05) is 12.1 Å². The highest BCUT2D eigenvalue weighted by Gasteiger charge is 2.26. The molecule has 0 aliphatic carbocycles. The van der Waals surface area contributed by atoms with Gasteiger partial charge in [-0.15, -0.1) is 10.2 Å². The lowest BCUT2D eigenvalue weighted by Crippen LogP contribution is -2.02. The lowest BCUT2D eigenvalue weighted by Gasteiger charge is -2.12. The van der Waals surface area contributed by atoms with Crippen molar-refractivity contribution in [3.05, 3.63) is 89.5 Å². The Morgan fingerprint density at radius 1 is 0.466 bits per heavy atom. The summed E-state index contributed by atoms with van der Waals surface area (Å²) < 4.78 is 135. The molecule has 0 radical (unpaired) electrons. The third-order valence-electron chi connectivity index (χ3n) is 8.87. The van der Waals surface area contributed by atoms with E-state index < -0.39 is 82.9 Å². The number of phenols is 2. The number of nitrogen functional groups attached to an aromatic ring is 1. The molecule has 0 saturated carbocycles. The molecular weight excluding hydrogens is 843 g/mol. The number of phenolic OH excluding ortho intramolecular Hbond substituents is 2. The second-order valence-electron chi connectivity index (χ2n) is 12.9. The summed E-state index contributed by atoms with van der Waals surface area (Å²) >= 11 is 0. The zero-order valence-corrected chi connectivity index (χ0v) is 33.1. The number of aromatic hydroxyl groups is 2. The maximum absolute atomic E-state index is 12.3. The second-order valence-corrected chi connectivity index (χ2v) is 18.5. The van der Waals surface area contributed by atoms with Gasteiger partial charge in [-0.05, 0) is 120 Å². The molecule has 6 aromatic carbocycles. The minimum Gasteiger partial charge on any atom is -0.505 e. The molecule has 0 aliphatic heterocycles. The Morgan fingerprint density at radius 2 is 0.862 bits per heavy atom. The molecule has 8 N–H and O–H groups in total. The van der Waals surface area contributed by atoms with Crippen LogP contribution >= 0.6 is 0 Å². The van der Waals surface area contributed by atoms with Gasteiger partial charge in [-0.2, -0.15) is 43.9 Å². The molecule has 0 bridgehead atoms. The molecule has 0 amide bonds. The van der Waals surface area contributed by atoms with Crippen LogP contribution < -0.4 is 5.73 Å². The summed E-state index contributed by atoms with van der Waals surface area (Å²) in [5.74, 6) is -1.57. The van der Waals surface area contributed by atoms with E-state index in [0.29, 0.717) is 22.3 Å². The normalized spacial score (nSPS) is 13.0. The first-order chi connectivity index (χ1) is 26.8. The van der Waals surface area contributed by atoms with Crippen LogP contribution in [0.1, 0.15) is 16.7 Å². The Bertz CT molecular complexity index is 3080. The van der Waals surface area contributed by atoms with Crippen molar-refractivity contribution in [2.45, 2.75) is 40.4 Å². The largest absolute Gasteiger partial charge is 0.505 e. The Labute approximate surface area is 329 Å². The van der Waals surface area contributed by atoms with Gasteiger partial charge in [0.05, 0.1) is 21.2 Å². The van der Waals surface area contributed by atoms with Gasteiger partial charge in [0.2, 0.25) is 0 Å². The molecule has 23 heteroatoms. The smallest absolute Gasteiger partial charge is 0.296 e. The van der Waals surface area contributed by atoms with Crippen LogP contribution in [-0.2, 0) is 40.5 Å². The van der Waals surface area contributed by atoms with Crippen molar-refractivity contribution in [1.82, 2.24) is 0 Å². The molecule has 0 fully saturated rings. The third-order valence-corrected chi connectivity index (χ3v) is 12.3. The predicted octanol–water partition coefficient (Wildman–Crippen LogP) is 7.40. The molecule has 0 spiro atoms. The Kier molecular flexibility index (Phi) is 10.4. The van der Waals surface area contributed by atoms with E-state index in [-0.39, 0.29) is 44.2 Å². The fourth-order valence-corrected chi connectivity index (χ4v) is 8.61. The number of aryl methyl sites for hydroxylation is 3. The predicted molar refractivity (Wildman–Crippen MR) is 209 cm³/mol. The first kappa shape index (κ1) is 41.7. The van der Waals surface area contributed by atoms with Gasteiger partial charge in [0.25, 0.3) is 40.5 Å². The lowest BCUT2D eigenvalue weighted by molar-refractivity contribution is 0.471. The minimum absolute atomic E-state index is 0.00586. The van der Waals surface area contributed by atoms with Crippen LogP contribution in [0.15, 0.2) is 113 Å². The number of hydrogen-bond acceptors (Lipinski definition) is 15. The minimum atomic E-state index is -5.08. The van der Waals surface area contributed by atoms with Crippen LogP contribution in [0.2, 0.25) is 0 Å². The highest BCUT2D eigenvalue weighted by molar-refractivity contribution is 7.86. The summed E-state index contributed by atoms with van der Waals surface area (Å²) in [7, 11) is -19.6. The monoisotopic (exact) mass is 871 g/mol. The van der Waals surface area contributed by atoms with E-state index in [1.165, 1.54) is 19.1 Å². The number of rotatable bonds is 9. The van der Waals surface area contributed by atoms with Gasteiger partial charge in [0.1, 0.15) is 21.2 Å². The van der Waals surface area contributed by atoms with E-state index >= 15 is 0 Å². The quantitative estimate of drug-likeness (QED) is 0.0423. The molecule has 6 aromatic rings. The molecule has 302 valence electrons. The van der Waals surface area contributed by atoms with Crippen molar-refractivity contribution in [3.63, 3.8) is 0 Å². The fraction of sp³-hybridized carbons (Fsp3) is 0.0857. The molecule has 0 aromatic heterocycles. The van der Waals surface area contributed by atoms with Gasteiger partial charge in [0, 0.05) is 16.5 Å². The SMILES string of the molecule is Cc1cc(-c2ccc(N=Nc3c(S(=O)(=O)O)cc4cc(S(=O)(=O)O)cc(N)c4c3O)c(C)c2)ccc1N=Nc1c(S(=O)(=O)O)cc2cc(S(=O)(=O)O)cc(C)c2c1O. The molecule has 0 unspecified atom stereocenters. The Hall–Kier alpha value is -5.92. The van der Waals surface area contributed by atoms with Crippen molar-refractivity contribution < 1.29 is 62.1 Å². The van der Waals surface area contributed by atoms with Gasteiger partial charge in [-0.3, -0.25) is 18.2 Å². The number of azo groups is 2. The molecule has 0 heterocycles. The highest BCUT2D eigenvalue weighted by Crippen LogP contribution is 2.46. The van der Waals surface area contributed by atoms with Crippen LogP contribution in [0.4, 0.5) is 28.4 Å². The van der Waals surface area contributed by atoms with Gasteiger partial charge < -0.3 is 15.9 Å². The first-order valence-corrected chi connectivity index (χ1v) is 21.9. The highest BCUT2D eigenvalue weighted by atomic mass is 32.2. The number of anilines is 1. The van der Waals surface area contributed by atoms with Crippen LogP contribution in [0.25, 0.3) is 32.7 Å². The zero-order chi connectivity index (χ0) is 42.9. The van der Waals surface area contributed by atoms with Crippen molar-refractivity contribution in [1.29, 1.82) is 0 Å². The van der Waals surface area contributed by atoms with Crippen LogP contribution in [-0.4, -0.2) is 62.1 Å². The molecule has 0 aliphatic rings. The zero-order valence-electron chi connectivity index (χ0n) is 29.9. The fourth-order valence-electron chi connectivity index (χ4n) is 6.14. The second kappa shape index (κ2) is 14.5. The first-order valence-electron chi connectivity index (χ1n) is 16.1. The van der Waals surface area contributed by atoms with E-state index in [9.17, 15) is 62.1 Å². The molecule has 0 saturated heterocycles. The molecule has 19 nitrogen and oxygen atoms in total. The van der Waals surface area contributed by atoms with Crippen LogP contribution in [0, 0.1) is 20.8 Å². The van der Waals surface area contributed by atoms with Gasteiger partial charge >= 0.3 is 0 Å². The average Bonchev–Trinajstić information content (AvgIpc) is 3.09. The van der Waals surface area contributed by atoms with Crippen molar-refractivity contribution in [2.75, 3.05) is 5.73 Å². The average molecular weight is 872 g/mol. The number of nitrogens with zero attached hydrogens (tertiary/aromatic N) is 4. The third kappa shape index (κ3) is 8.09.